The molecule has 1 heterocycles. The van der Waals surface area contributed by atoms with Crippen molar-refractivity contribution < 1.29 is 9.59 Å². The van der Waals surface area contributed by atoms with Crippen LogP contribution in [0, 0.1) is 0 Å². The zero-order valence-corrected chi connectivity index (χ0v) is 12.9. The molecule has 0 aromatic carbocycles. The third-order valence-corrected chi connectivity index (χ3v) is 4.81. The Kier molecular flexibility index (Phi) is 5.06. The molecule has 2 amide bonds. The Balaban J connectivity index is 2.07. The average Bonchev–Trinajstić information content (AvgIpc) is 2.89. The maximum atomic E-state index is 12.8. The van der Waals surface area contributed by atoms with Crippen LogP contribution in [0.5, 0.6) is 0 Å². The van der Waals surface area contributed by atoms with E-state index in [4.69, 9.17) is 0 Å². The molecule has 0 aromatic heterocycles. The highest BCUT2D eigenvalue weighted by atomic mass is 16.2. The molecule has 0 radical (unpaired) electrons. The highest BCUT2D eigenvalue weighted by Crippen LogP contribution is 2.35. The molecule has 2 rings (SSSR count). The van der Waals surface area contributed by atoms with E-state index in [1.54, 1.807) is 0 Å². The van der Waals surface area contributed by atoms with E-state index < -0.39 is 5.54 Å². The fraction of sp³-hybridized carbons (Fsp3) is 0.875. The van der Waals surface area contributed by atoms with Crippen LogP contribution in [0.25, 0.3) is 0 Å². The largest absolute Gasteiger partial charge is 0.340 e. The number of carbonyl (C=O) groups is 2. The highest BCUT2D eigenvalue weighted by molar-refractivity contribution is 6.00. The second-order valence-corrected chi connectivity index (χ2v) is 6.26. The van der Waals surface area contributed by atoms with Crippen molar-refractivity contribution in [3.63, 3.8) is 0 Å². The zero-order chi connectivity index (χ0) is 14.6. The van der Waals surface area contributed by atoms with Crippen molar-refractivity contribution in [3.05, 3.63) is 0 Å². The lowest BCUT2D eigenvalue weighted by molar-refractivity contribution is -0.155. The normalized spacial score (nSPS) is 25.3. The van der Waals surface area contributed by atoms with Crippen LogP contribution >= 0.6 is 0 Å². The van der Waals surface area contributed by atoms with E-state index in [2.05, 4.69) is 12.2 Å². The van der Waals surface area contributed by atoms with E-state index in [1.807, 2.05) is 11.8 Å². The predicted octanol–water partition coefficient (Wildman–Crippen LogP) is 2.62. The van der Waals surface area contributed by atoms with Gasteiger partial charge in [-0.05, 0) is 25.7 Å². The van der Waals surface area contributed by atoms with Crippen LogP contribution in [0.4, 0.5) is 0 Å². The summed E-state index contributed by atoms with van der Waals surface area (Å²) in [6.07, 6.45) is 9.00. The van der Waals surface area contributed by atoms with Gasteiger partial charge in [-0.1, -0.05) is 46.0 Å². The summed E-state index contributed by atoms with van der Waals surface area (Å²) in [5.41, 5.74) is -0.562. The summed E-state index contributed by atoms with van der Waals surface area (Å²) in [5, 5.41) is 3.04. The maximum absolute atomic E-state index is 12.8. The van der Waals surface area contributed by atoms with Crippen molar-refractivity contribution in [2.24, 2.45) is 0 Å². The topological polar surface area (TPSA) is 49.4 Å². The van der Waals surface area contributed by atoms with Gasteiger partial charge in [-0.25, -0.2) is 0 Å². The average molecular weight is 280 g/mol. The van der Waals surface area contributed by atoms with Gasteiger partial charge >= 0.3 is 0 Å². The van der Waals surface area contributed by atoms with Crippen molar-refractivity contribution in [1.29, 1.82) is 0 Å². The molecule has 114 valence electrons. The molecule has 2 fully saturated rings. The molecule has 4 nitrogen and oxygen atoms in total. The summed E-state index contributed by atoms with van der Waals surface area (Å²) in [6, 6.07) is -0.254. The highest BCUT2D eigenvalue weighted by Gasteiger charge is 2.51. The van der Waals surface area contributed by atoms with E-state index in [0.29, 0.717) is 6.42 Å². The number of unbranched alkanes of at least 4 members (excludes halogenated alkanes) is 3. The van der Waals surface area contributed by atoms with Crippen LogP contribution in [-0.2, 0) is 9.59 Å². The molecule has 20 heavy (non-hydrogen) atoms. The van der Waals surface area contributed by atoms with Crippen molar-refractivity contribution in [1.82, 2.24) is 10.2 Å². The summed E-state index contributed by atoms with van der Waals surface area (Å²) < 4.78 is 0. The SMILES string of the molecule is CCCCCCN1C(=O)C2(CCCC2)NC(=O)C1CC. The molecular formula is C16H28N2O2. The second kappa shape index (κ2) is 6.59. The van der Waals surface area contributed by atoms with Crippen molar-refractivity contribution in [2.45, 2.75) is 83.2 Å². The number of amides is 2. The van der Waals surface area contributed by atoms with Gasteiger partial charge in [0.15, 0.2) is 0 Å². The molecule has 1 atom stereocenters. The summed E-state index contributed by atoms with van der Waals surface area (Å²) >= 11 is 0. The molecule has 1 spiro atoms. The van der Waals surface area contributed by atoms with Crippen molar-refractivity contribution >= 4 is 11.8 Å². The van der Waals surface area contributed by atoms with Gasteiger partial charge in [0.2, 0.25) is 11.8 Å². The van der Waals surface area contributed by atoms with Crippen LogP contribution < -0.4 is 5.32 Å². The molecule has 1 unspecified atom stereocenters. The lowest BCUT2D eigenvalue weighted by atomic mass is 9.90. The molecule has 0 bridgehead atoms. The maximum Gasteiger partial charge on any atom is 0.249 e. The zero-order valence-electron chi connectivity index (χ0n) is 12.9. The number of rotatable bonds is 6. The summed E-state index contributed by atoms with van der Waals surface area (Å²) in [5.74, 6) is 0.238. The number of hydrogen-bond acceptors (Lipinski definition) is 2. The smallest absolute Gasteiger partial charge is 0.249 e. The fourth-order valence-electron chi connectivity index (χ4n) is 3.62. The molecule has 1 aliphatic heterocycles. The molecule has 1 aliphatic carbocycles. The van der Waals surface area contributed by atoms with E-state index in [9.17, 15) is 9.59 Å². The molecular weight excluding hydrogens is 252 g/mol. The Morgan fingerprint density at radius 3 is 2.45 bits per heavy atom. The summed E-state index contributed by atoms with van der Waals surface area (Å²) in [7, 11) is 0. The fourth-order valence-corrected chi connectivity index (χ4v) is 3.62. The van der Waals surface area contributed by atoms with Gasteiger partial charge in [0.25, 0.3) is 0 Å². The Hall–Kier alpha value is -1.06. The predicted molar refractivity (Wildman–Crippen MR) is 79.3 cm³/mol. The van der Waals surface area contributed by atoms with Gasteiger partial charge in [-0.2, -0.15) is 0 Å². The van der Waals surface area contributed by atoms with E-state index >= 15 is 0 Å². The van der Waals surface area contributed by atoms with Crippen LogP contribution in [0.1, 0.15) is 71.6 Å². The van der Waals surface area contributed by atoms with E-state index in [1.165, 1.54) is 12.8 Å². The molecule has 4 heteroatoms. The minimum absolute atomic E-state index is 0.0597. The third-order valence-electron chi connectivity index (χ3n) is 4.81. The first-order valence-corrected chi connectivity index (χ1v) is 8.27. The van der Waals surface area contributed by atoms with Gasteiger partial charge in [0.1, 0.15) is 11.6 Å². The standard InChI is InChI=1S/C16H28N2O2/c1-3-5-6-9-12-18-13(4-2)14(19)17-16(15(18)20)10-7-8-11-16/h13H,3-12H2,1-2H3,(H,17,19). The first-order chi connectivity index (χ1) is 9.64. The number of piperazine rings is 1. The minimum Gasteiger partial charge on any atom is -0.340 e. The van der Waals surface area contributed by atoms with Gasteiger partial charge in [0, 0.05) is 6.54 Å². The lowest BCUT2D eigenvalue weighted by Crippen LogP contribution is -2.69. The Labute approximate surface area is 122 Å². The number of nitrogens with zero attached hydrogens (tertiary/aromatic N) is 1. The van der Waals surface area contributed by atoms with Crippen LogP contribution in [0.15, 0.2) is 0 Å². The number of nitrogens with one attached hydrogen (secondary N) is 1. The first-order valence-electron chi connectivity index (χ1n) is 8.27. The van der Waals surface area contributed by atoms with Crippen LogP contribution in [0.3, 0.4) is 0 Å². The minimum atomic E-state index is -0.562. The third kappa shape index (κ3) is 2.84. The Morgan fingerprint density at radius 2 is 1.85 bits per heavy atom. The number of hydrogen-bond donors (Lipinski definition) is 1. The number of carbonyl (C=O) groups excluding carboxylic acids is 2. The van der Waals surface area contributed by atoms with Gasteiger partial charge < -0.3 is 10.2 Å². The summed E-state index contributed by atoms with van der Waals surface area (Å²) in [4.78, 5) is 27.0. The van der Waals surface area contributed by atoms with Crippen LogP contribution in [-0.4, -0.2) is 34.8 Å². The first kappa shape index (κ1) is 15.3. The van der Waals surface area contributed by atoms with Crippen molar-refractivity contribution in [3.8, 4) is 0 Å². The summed E-state index contributed by atoms with van der Waals surface area (Å²) in [6.45, 7) is 4.91. The quantitative estimate of drug-likeness (QED) is 0.760. The Bertz CT molecular complexity index is 361. The van der Waals surface area contributed by atoms with E-state index in [0.717, 1.165) is 45.1 Å². The van der Waals surface area contributed by atoms with Gasteiger partial charge in [-0.3, -0.25) is 9.59 Å². The van der Waals surface area contributed by atoms with E-state index in [-0.39, 0.29) is 17.9 Å². The molecule has 0 aromatic rings. The molecule has 2 aliphatic rings. The second-order valence-electron chi connectivity index (χ2n) is 6.26. The van der Waals surface area contributed by atoms with Gasteiger partial charge in [0.05, 0.1) is 0 Å². The lowest BCUT2D eigenvalue weighted by Gasteiger charge is -2.44. The Morgan fingerprint density at radius 1 is 1.15 bits per heavy atom. The van der Waals surface area contributed by atoms with Gasteiger partial charge in [-0.15, -0.1) is 0 Å². The monoisotopic (exact) mass is 280 g/mol. The molecule has 1 saturated heterocycles. The van der Waals surface area contributed by atoms with Crippen molar-refractivity contribution in [2.75, 3.05) is 6.54 Å². The molecule has 1 N–H and O–H groups in total. The molecule has 1 saturated carbocycles. The van der Waals surface area contributed by atoms with Crippen LogP contribution in [0.2, 0.25) is 0 Å².